The van der Waals surface area contributed by atoms with Crippen LogP contribution in [0.3, 0.4) is 0 Å². The number of aromatic carboxylic acids is 1. The van der Waals surface area contributed by atoms with Gasteiger partial charge in [0.2, 0.25) is 5.13 Å². The number of carboxylic acids is 1. The average Bonchev–Trinajstić information content (AvgIpc) is 3.28. The van der Waals surface area contributed by atoms with Crippen molar-refractivity contribution in [3.05, 3.63) is 70.9 Å². The number of aromatic nitrogens is 3. The Morgan fingerprint density at radius 3 is 2.65 bits per heavy atom. The fraction of sp³-hybridized carbons (Fsp3) is 0.0556. The second kappa shape index (κ2) is 6.91. The molecule has 0 spiro atoms. The van der Waals surface area contributed by atoms with Gasteiger partial charge < -0.3 is 5.11 Å². The molecule has 6 nitrogen and oxygen atoms in total. The number of carbonyl (C=O) groups is 1. The fourth-order valence-electron chi connectivity index (χ4n) is 2.75. The van der Waals surface area contributed by atoms with Crippen LogP contribution < -0.4 is 5.14 Å². The third-order valence-electron chi connectivity index (χ3n) is 3.99. The summed E-state index contributed by atoms with van der Waals surface area (Å²) in [7, 11) is 0. The van der Waals surface area contributed by atoms with E-state index in [1.807, 2.05) is 48.5 Å². The lowest BCUT2D eigenvalue weighted by atomic mass is 10.1. The molecule has 2 aromatic heterocycles. The number of nitrogens with two attached hydrogens (primary N) is 1. The van der Waals surface area contributed by atoms with E-state index < -0.39 is 5.97 Å². The summed E-state index contributed by atoms with van der Waals surface area (Å²) in [6, 6.07) is 15.9. The van der Waals surface area contributed by atoms with E-state index in [1.165, 1.54) is 28.7 Å². The Morgan fingerprint density at radius 1 is 1.19 bits per heavy atom. The minimum Gasteiger partial charge on any atom is -0.476 e. The van der Waals surface area contributed by atoms with Crippen LogP contribution in [-0.2, 0) is 6.42 Å². The van der Waals surface area contributed by atoms with E-state index >= 15 is 0 Å². The summed E-state index contributed by atoms with van der Waals surface area (Å²) in [5.74, 6) is -1.04. The molecular weight excluding hydrogens is 368 g/mol. The van der Waals surface area contributed by atoms with Gasteiger partial charge in [-0.1, -0.05) is 30.3 Å². The minimum atomic E-state index is -1.04. The molecule has 0 aliphatic rings. The summed E-state index contributed by atoms with van der Waals surface area (Å²) in [6.45, 7) is 0. The first-order valence-electron chi connectivity index (χ1n) is 7.77. The van der Waals surface area contributed by atoms with Gasteiger partial charge in [0.1, 0.15) is 0 Å². The van der Waals surface area contributed by atoms with Crippen molar-refractivity contribution in [2.45, 2.75) is 11.3 Å². The van der Waals surface area contributed by atoms with Crippen molar-refractivity contribution in [3.8, 4) is 5.13 Å². The molecule has 4 rings (SSSR count). The highest BCUT2D eigenvalue weighted by Crippen LogP contribution is 2.26. The molecule has 2 heterocycles. The van der Waals surface area contributed by atoms with Crippen molar-refractivity contribution in [2.75, 3.05) is 0 Å². The topological polar surface area (TPSA) is 94.0 Å². The number of nitrogens with zero attached hydrogens (tertiary/aromatic N) is 3. The van der Waals surface area contributed by atoms with Crippen LogP contribution in [0.15, 0.2) is 58.8 Å². The Bertz CT molecular complexity index is 1090. The van der Waals surface area contributed by atoms with Gasteiger partial charge in [-0.15, -0.1) is 11.3 Å². The third kappa shape index (κ3) is 3.10. The highest BCUT2D eigenvalue weighted by molar-refractivity contribution is 7.97. The van der Waals surface area contributed by atoms with E-state index in [4.69, 9.17) is 15.3 Å². The quantitative estimate of drug-likeness (QED) is 0.511. The molecule has 0 unspecified atom stereocenters. The number of hydrogen-bond donors (Lipinski definition) is 2. The standard InChI is InChI=1S/C18H14N4O2S2/c19-26-12-7-5-11(6-8-12)9-14-13-3-1-2-4-16(13)22(21-14)18-20-15(10-25-18)17(23)24/h1-8,10H,9,19H2,(H,23,24). The van der Waals surface area contributed by atoms with Crippen LogP contribution in [0.25, 0.3) is 16.0 Å². The van der Waals surface area contributed by atoms with Crippen LogP contribution in [0.1, 0.15) is 21.7 Å². The Hall–Kier alpha value is -2.68. The monoisotopic (exact) mass is 382 g/mol. The molecular formula is C18H14N4O2S2. The fourth-order valence-corrected chi connectivity index (χ4v) is 3.80. The Labute approximate surface area is 157 Å². The van der Waals surface area contributed by atoms with Gasteiger partial charge in [0.25, 0.3) is 0 Å². The van der Waals surface area contributed by atoms with Gasteiger partial charge in [0.05, 0.1) is 11.2 Å². The molecule has 0 aliphatic heterocycles. The predicted molar refractivity (Wildman–Crippen MR) is 103 cm³/mol. The molecule has 0 atom stereocenters. The molecule has 0 amide bonds. The second-order valence-corrected chi connectivity index (χ2v) is 7.18. The molecule has 2 aromatic carbocycles. The molecule has 4 aromatic rings. The van der Waals surface area contributed by atoms with Gasteiger partial charge in [-0.05, 0) is 35.7 Å². The van der Waals surface area contributed by atoms with Crippen LogP contribution in [0, 0.1) is 0 Å². The lowest BCUT2D eigenvalue weighted by Crippen LogP contribution is -2.00. The molecule has 0 fully saturated rings. The predicted octanol–water partition coefficient (Wildman–Crippen LogP) is 3.74. The van der Waals surface area contributed by atoms with Gasteiger partial charge in [-0.3, -0.25) is 5.14 Å². The number of hydrogen-bond acceptors (Lipinski definition) is 6. The molecule has 0 saturated carbocycles. The van der Waals surface area contributed by atoms with E-state index in [1.54, 1.807) is 4.68 Å². The van der Waals surface area contributed by atoms with Crippen molar-refractivity contribution >= 4 is 40.2 Å². The van der Waals surface area contributed by atoms with Gasteiger partial charge in [-0.2, -0.15) is 5.10 Å². The maximum atomic E-state index is 11.1. The highest BCUT2D eigenvalue weighted by atomic mass is 32.2. The maximum Gasteiger partial charge on any atom is 0.355 e. The van der Waals surface area contributed by atoms with Crippen molar-refractivity contribution in [1.82, 2.24) is 14.8 Å². The van der Waals surface area contributed by atoms with Crippen molar-refractivity contribution < 1.29 is 9.90 Å². The first kappa shape index (κ1) is 16.8. The lowest BCUT2D eigenvalue weighted by Gasteiger charge is -2.01. The SMILES string of the molecule is NSc1ccc(Cc2nn(-c3nc(C(=O)O)cs3)c3ccccc23)cc1. The molecule has 0 radical (unpaired) electrons. The number of benzene rings is 2. The molecule has 0 aliphatic carbocycles. The molecule has 26 heavy (non-hydrogen) atoms. The molecule has 130 valence electrons. The average molecular weight is 382 g/mol. The summed E-state index contributed by atoms with van der Waals surface area (Å²) in [5, 5.41) is 22.5. The molecule has 3 N–H and O–H groups in total. The van der Waals surface area contributed by atoms with E-state index in [0.29, 0.717) is 11.6 Å². The number of carboxylic acid groups (broad SMARTS) is 1. The van der Waals surface area contributed by atoms with Gasteiger partial charge >= 0.3 is 5.97 Å². The number of para-hydroxylation sites is 1. The highest BCUT2D eigenvalue weighted by Gasteiger charge is 2.16. The van der Waals surface area contributed by atoms with E-state index in [2.05, 4.69) is 4.98 Å². The normalized spacial score (nSPS) is 11.1. The van der Waals surface area contributed by atoms with Gasteiger partial charge in [0.15, 0.2) is 5.69 Å². The number of thiazole rings is 1. The zero-order valence-electron chi connectivity index (χ0n) is 13.5. The van der Waals surface area contributed by atoms with Crippen LogP contribution in [-0.4, -0.2) is 25.8 Å². The van der Waals surface area contributed by atoms with Crippen molar-refractivity contribution in [1.29, 1.82) is 0 Å². The Kier molecular flexibility index (Phi) is 4.46. The van der Waals surface area contributed by atoms with Gasteiger partial charge in [-0.25, -0.2) is 14.5 Å². The second-order valence-electron chi connectivity index (χ2n) is 5.63. The third-order valence-corrected chi connectivity index (χ3v) is 5.35. The largest absolute Gasteiger partial charge is 0.476 e. The summed E-state index contributed by atoms with van der Waals surface area (Å²) >= 11 is 2.48. The molecule has 8 heteroatoms. The first-order valence-corrected chi connectivity index (χ1v) is 9.53. The number of rotatable bonds is 5. The lowest BCUT2D eigenvalue weighted by molar-refractivity contribution is 0.0691. The van der Waals surface area contributed by atoms with E-state index in [0.717, 1.165) is 27.1 Å². The zero-order chi connectivity index (χ0) is 18.1. The summed E-state index contributed by atoms with van der Waals surface area (Å²) in [5.41, 5.74) is 2.98. The smallest absolute Gasteiger partial charge is 0.355 e. The van der Waals surface area contributed by atoms with Crippen molar-refractivity contribution in [3.63, 3.8) is 0 Å². The summed E-state index contributed by atoms with van der Waals surface area (Å²) < 4.78 is 1.71. The Balaban J connectivity index is 1.76. The van der Waals surface area contributed by atoms with Crippen LogP contribution in [0.4, 0.5) is 0 Å². The summed E-state index contributed by atoms with van der Waals surface area (Å²) in [4.78, 5) is 16.3. The van der Waals surface area contributed by atoms with Crippen LogP contribution in [0.5, 0.6) is 0 Å². The molecule has 0 bridgehead atoms. The molecule has 0 saturated heterocycles. The van der Waals surface area contributed by atoms with Crippen molar-refractivity contribution in [2.24, 2.45) is 5.14 Å². The first-order chi connectivity index (χ1) is 12.7. The van der Waals surface area contributed by atoms with E-state index in [9.17, 15) is 4.79 Å². The van der Waals surface area contributed by atoms with Crippen LogP contribution in [0.2, 0.25) is 0 Å². The van der Waals surface area contributed by atoms with E-state index in [-0.39, 0.29) is 5.69 Å². The maximum absolute atomic E-state index is 11.1. The summed E-state index contributed by atoms with van der Waals surface area (Å²) in [6.07, 6.45) is 0.667. The van der Waals surface area contributed by atoms with Crippen LogP contribution >= 0.6 is 23.3 Å². The van der Waals surface area contributed by atoms with Gasteiger partial charge in [0, 0.05) is 22.1 Å². The zero-order valence-corrected chi connectivity index (χ0v) is 15.1. The number of fused-ring (bicyclic) bond motifs is 1. The minimum absolute atomic E-state index is 0.0287. The Morgan fingerprint density at radius 2 is 1.96 bits per heavy atom.